The van der Waals surface area contributed by atoms with Crippen molar-refractivity contribution in [2.24, 2.45) is 11.8 Å². The maximum atomic E-state index is 15.0. The second kappa shape index (κ2) is 10.7. The Morgan fingerprint density at radius 1 is 0.360 bits per heavy atom. The van der Waals surface area contributed by atoms with E-state index in [9.17, 15) is 9.59 Å². The monoisotopic (exact) mass is 640 g/mol. The Balaban J connectivity index is 1.59. The summed E-state index contributed by atoms with van der Waals surface area (Å²) in [5.41, 5.74) is 8.93. The number of benzene rings is 7. The summed E-state index contributed by atoms with van der Waals surface area (Å²) in [5.74, 6) is -1.35. The number of carbonyl (C=O) groups is 2. The van der Waals surface area contributed by atoms with Crippen LogP contribution in [0.15, 0.2) is 182 Å². The average Bonchev–Trinajstić information content (AvgIpc) is 3.19. The van der Waals surface area contributed by atoms with E-state index in [1.165, 1.54) is 0 Å². The van der Waals surface area contributed by atoms with Gasteiger partial charge in [-0.1, -0.05) is 170 Å². The second-order valence-corrected chi connectivity index (χ2v) is 13.8. The molecule has 0 spiro atoms. The lowest BCUT2D eigenvalue weighted by Gasteiger charge is -2.64. The van der Waals surface area contributed by atoms with Gasteiger partial charge in [0.1, 0.15) is 0 Å². The Bertz CT molecular complexity index is 2340. The molecule has 0 saturated heterocycles. The Kier molecular flexibility index (Phi) is 6.17. The van der Waals surface area contributed by atoms with Gasteiger partial charge in [-0.15, -0.1) is 0 Å². The minimum Gasteiger partial charge on any atom is -0.294 e. The molecule has 4 aliphatic rings. The SMILES string of the molecule is O=C1C=CC(=O)C2C1C1(c3ccccc3)c3ccccc3C2(c2ccccc2)c2c1c(-c1ccccc1)c1ccccc1c2-c1ccccc1. The van der Waals surface area contributed by atoms with Crippen LogP contribution in [-0.4, -0.2) is 11.6 Å². The molecule has 2 nitrogen and oxygen atoms in total. The number of carbonyl (C=O) groups excluding carboxylic acids is 2. The summed E-state index contributed by atoms with van der Waals surface area (Å²) in [7, 11) is 0. The number of fused-ring (bicyclic) bond motifs is 1. The molecule has 0 saturated carbocycles. The normalized spacial score (nSPS) is 23.0. The largest absolute Gasteiger partial charge is 0.294 e. The van der Waals surface area contributed by atoms with E-state index >= 15 is 0 Å². The van der Waals surface area contributed by atoms with Crippen molar-refractivity contribution in [2.45, 2.75) is 10.8 Å². The smallest absolute Gasteiger partial charge is 0.161 e. The highest BCUT2D eigenvalue weighted by Gasteiger charge is 2.71. The highest BCUT2D eigenvalue weighted by atomic mass is 16.1. The van der Waals surface area contributed by atoms with Crippen LogP contribution in [-0.2, 0) is 20.4 Å². The van der Waals surface area contributed by atoms with Gasteiger partial charge >= 0.3 is 0 Å². The van der Waals surface area contributed by atoms with Gasteiger partial charge in [-0.05, 0) is 78.6 Å². The van der Waals surface area contributed by atoms with E-state index in [-0.39, 0.29) is 11.6 Å². The molecule has 11 rings (SSSR count). The van der Waals surface area contributed by atoms with Crippen molar-refractivity contribution in [1.29, 1.82) is 0 Å². The summed E-state index contributed by atoms with van der Waals surface area (Å²) in [6.45, 7) is 0. The second-order valence-electron chi connectivity index (χ2n) is 13.8. The fourth-order valence-corrected chi connectivity index (χ4v) is 10.1. The van der Waals surface area contributed by atoms with Crippen molar-refractivity contribution in [3.05, 3.63) is 215 Å². The van der Waals surface area contributed by atoms with Crippen LogP contribution in [0.4, 0.5) is 0 Å². The molecule has 7 aromatic rings. The first kappa shape index (κ1) is 28.9. The van der Waals surface area contributed by atoms with E-state index in [0.717, 1.165) is 66.4 Å². The van der Waals surface area contributed by atoms with Gasteiger partial charge in [0.15, 0.2) is 11.6 Å². The molecule has 0 amide bonds. The van der Waals surface area contributed by atoms with Gasteiger partial charge in [-0.2, -0.15) is 0 Å². The maximum absolute atomic E-state index is 15.0. The molecule has 7 aromatic carbocycles. The van der Waals surface area contributed by atoms with E-state index in [2.05, 4.69) is 158 Å². The molecule has 4 unspecified atom stereocenters. The Hall–Kier alpha value is -6.12. The first-order chi connectivity index (χ1) is 24.7. The lowest BCUT2D eigenvalue weighted by atomic mass is 9.35. The molecule has 2 heteroatoms. The predicted molar refractivity (Wildman–Crippen MR) is 200 cm³/mol. The van der Waals surface area contributed by atoms with Gasteiger partial charge in [0, 0.05) is 0 Å². The summed E-state index contributed by atoms with van der Waals surface area (Å²) >= 11 is 0. The molecule has 4 atom stereocenters. The Morgan fingerprint density at radius 2 is 0.680 bits per heavy atom. The van der Waals surface area contributed by atoms with E-state index < -0.39 is 22.7 Å². The highest BCUT2D eigenvalue weighted by molar-refractivity contribution is 6.16. The molecular formula is C48H32O2. The van der Waals surface area contributed by atoms with Crippen molar-refractivity contribution in [3.63, 3.8) is 0 Å². The topological polar surface area (TPSA) is 34.1 Å². The van der Waals surface area contributed by atoms with Gasteiger partial charge in [-0.3, -0.25) is 9.59 Å². The number of hydrogen-bond acceptors (Lipinski definition) is 2. The van der Waals surface area contributed by atoms with Crippen LogP contribution >= 0.6 is 0 Å². The third-order valence-corrected chi connectivity index (χ3v) is 11.7. The van der Waals surface area contributed by atoms with Crippen LogP contribution in [0.3, 0.4) is 0 Å². The molecule has 50 heavy (non-hydrogen) atoms. The van der Waals surface area contributed by atoms with Crippen LogP contribution in [0.5, 0.6) is 0 Å². The summed E-state index contributed by atoms with van der Waals surface area (Å²) in [5, 5.41) is 2.25. The van der Waals surface area contributed by atoms with Gasteiger partial charge in [-0.25, -0.2) is 0 Å². The molecule has 0 aliphatic heterocycles. The zero-order valence-corrected chi connectivity index (χ0v) is 27.3. The summed E-state index contributed by atoms with van der Waals surface area (Å²) < 4.78 is 0. The zero-order valence-electron chi connectivity index (χ0n) is 27.3. The van der Waals surface area contributed by atoms with E-state index in [1.807, 2.05) is 12.1 Å². The summed E-state index contributed by atoms with van der Waals surface area (Å²) in [6, 6.07) is 59.6. The molecule has 2 bridgehead atoms. The molecule has 0 fully saturated rings. The van der Waals surface area contributed by atoms with Gasteiger partial charge < -0.3 is 0 Å². The van der Waals surface area contributed by atoms with Crippen LogP contribution < -0.4 is 0 Å². The lowest BCUT2D eigenvalue weighted by Crippen LogP contribution is -2.66. The third-order valence-electron chi connectivity index (χ3n) is 11.7. The summed E-state index contributed by atoms with van der Waals surface area (Å²) in [4.78, 5) is 29.9. The van der Waals surface area contributed by atoms with Crippen LogP contribution in [0.2, 0.25) is 0 Å². The lowest BCUT2D eigenvalue weighted by molar-refractivity contribution is -0.134. The quantitative estimate of drug-likeness (QED) is 0.192. The predicted octanol–water partition coefficient (Wildman–Crippen LogP) is 10.1. The molecule has 236 valence electrons. The zero-order chi connectivity index (χ0) is 33.5. The standard InChI is InChI=1S/C48H32O2/c49-39-29-30-40(50)44-43(39)47(33-21-9-3-10-22-33)37-27-15-16-28-38(37)48(44,34-23-11-4-12-24-34)46-42(32-19-7-2-8-20-32)36-26-14-13-25-35(36)41(45(46)47)31-17-5-1-6-18-31/h1-30,43-44H. The van der Waals surface area contributed by atoms with Crippen LogP contribution in [0, 0.1) is 11.8 Å². The number of hydrogen-bond donors (Lipinski definition) is 0. The van der Waals surface area contributed by atoms with E-state index in [0.29, 0.717) is 0 Å². The fraction of sp³-hybridized carbons (Fsp3) is 0.0833. The third kappa shape index (κ3) is 3.53. The Labute approximate surface area is 291 Å². The van der Waals surface area contributed by atoms with Crippen molar-refractivity contribution >= 4 is 22.3 Å². The van der Waals surface area contributed by atoms with Crippen molar-refractivity contribution in [3.8, 4) is 22.3 Å². The average molecular weight is 641 g/mol. The summed E-state index contributed by atoms with van der Waals surface area (Å²) in [6.07, 6.45) is 3.11. The number of allylic oxidation sites excluding steroid dienone is 2. The maximum Gasteiger partial charge on any atom is 0.161 e. The molecule has 0 aromatic heterocycles. The Morgan fingerprint density at radius 3 is 1.06 bits per heavy atom. The van der Waals surface area contributed by atoms with Crippen molar-refractivity contribution in [1.82, 2.24) is 0 Å². The van der Waals surface area contributed by atoms with Crippen molar-refractivity contribution in [2.75, 3.05) is 0 Å². The first-order valence-electron chi connectivity index (χ1n) is 17.4. The fourth-order valence-electron chi connectivity index (χ4n) is 10.1. The van der Waals surface area contributed by atoms with Crippen LogP contribution in [0.25, 0.3) is 33.0 Å². The van der Waals surface area contributed by atoms with Gasteiger partial charge in [0.25, 0.3) is 0 Å². The minimum absolute atomic E-state index is 0.00709. The minimum atomic E-state index is -0.968. The molecular weight excluding hydrogens is 609 g/mol. The number of rotatable bonds is 4. The van der Waals surface area contributed by atoms with E-state index in [1.54, 1.807) is 12.2 Å². The highest BCUT2D eigenvalue weighted by Crippen LogP contribution is 2.72. The van der Waals surface area contributed by atoms with Crippen LogP contribution in [0.1, 0.15) is 33.4 Å². The molecule has 0 N–H and O–H groups in total. The number of ketones is 2. The molecule has 4 aliphatic carbocycles. The van der Waals surface area contributed by atoms with Crippen molar-refractivity contribution < 1.29 is 9.59 Å². The first-order valence-corrected chi connectivity index (χ1v) is 17.4. The van der Waals surface area contributed by atoms with E-state index in [4.69, 9.17) is 0 Å². The van der Waals surface area contributed by atoms with Gasteiger partial charge in [0.2, 0.25) is 0 Å². The molecule has 0 heterocycles. The molecule has 0 radical (unpaired) electrons. The van der Waals surface area contributed by atoms with Gasteiger partial charge in [0.05, 0.1) is 22.7 Å².